The molecule has 0 saturated heterocycles. The molecule has 0 bridgehead atoms. The standard InChI is InChI=1S/C14H20O4S/c1-5-8-19-9-11(15)10-6-7-12(16-2)14(18-4)13(10)17-3/h6-7H,5,8-9H2,1-4H3. The molecule has 0 radical (unpaired) electrons. The zero-order valence-electron chi connectivity index (χ0n) is 11.8. The molecule has 0 spiro atoms. The van der Waals surface area contributed by atoms with Crippen molar-refractivity contribution in [2.24, 2.45) is 0 Å². The van der Waals surface area contributed by atoms with Crippen LogP contribution in [-0.4, -0.2) is 38.6 Å². The Morgan fingerprint density at radius 3 is 2.32 bits per heavy atom. The van der Waals surface area contributed by atoms with Crippen molar-refractivity contribution in [2.45, 2.75) is 13.3 Å². The summed E-state index contributed by atoms with van der Waals surface area (Å²) in [5.41, 5.74) is 0.531. The molecule has 0 aliphatic carbocycles. The van der Waals surface area contributed by atoms with Crippen molar-refractivity contribution in [1.29, 1.82) is 0 Å². The molecular weight excluding hydrogens is 264 g/mol. The number of carbonyl (C=O) groups is 1. The summed E-state index contributed by atoms with van der Waals surface area (Å²) in [4.78, 5) is 12.2. The summed E-state index contributed by atoms with van der Waals surface area (Å²) in [5.74, 6) is 2.90. The van der Waals surface area contributed by atoms with Gasteiger partial charge in [-0.2, -0.15) is 11.8 Å². The Morgan fingerprint density at radius 2 is 1.79 bits per heavy atom. The van der Waals surface area contributed by atoms with Gasteiger partial charge in [-0.25, -0.2) is 0 Å². The number of benzene rings is 1. The lowest BCUT2D eigenvalue weighted by molar-refractivity contribution is 0.101. The molecule has 0 aromatic heterocycles. The highest BCUT2D eigenvalue weighted by Gasteiger charge is 2.20. The third-order valence-corrected chi connectivity index (χ3v) is 3.75. The van der Waals surface area contributed by atoms with Crippen LogP contribution in [0.25, 0.3) is 0 Å². The zero-order valence-corrected chi connectivity index (χ0v) is 12.6. The molecule has 0 unspecified atom stereocenters. The lowest BCUT2D eigenvalue weighted by Crippen LogP contribution is -2.07. The lowest BCUT2D eigenvalue weighted by atomic mass is 10.1. The van der Waals surface area contributed by atoms with E-state index in [0.29, 0.717) is 28.6 Å². The second kappa shape index (κ2) is 7.94. The third kappa shape index (κ3) is 3.80. The number of thioether (sulfide) groups is 1. The van der Waals surface area contributed by atoms with Gasteiger partial charge >= 0.3 is 0 Å². The third-order valence-electron chi connectivity index (χ3n) is 2.59. The van der Waals surface area contributed by atoms with Crippen LogP contribution in [0.15, 0.2) is 12.1 Å². The number of Topliss-reactive ketones (excluding diaryl/α,β-unsaturated/α-hetero) is 1. The van der Waals surface area contributed by atoms with Gasteiger partial charge in [-0.05, 0) is 24.3 Å². The van der Waals surface area contributed by atoms with E-state index in [4.69, 9.17) is 14.2 Å². The smallest absolute Gasteiger partial charge is 0.204 e. The lowest BCUT2D eigenvalue weighted by Gasteiger charge is -2.15. The van der Waals surface area contributed by atoms with E-state index in [1.165, 1.54) is 14.2 Å². The number of carbonyl (C=O) groups excluding carboxylic acids is 1. The largest absolute Gasteiger partial charge is 0.493 e. The molecule has 0 aliphatic heterocycles. The molecule has 0 N–H and O–H groups in total. The van der Waals surface area contributed by atoms with Crippen molar-refractivity contribution in [1.82, 2.24) is 0 Å². The summed E-state index contributed by atoms with van der Waals surface area (Å²) < 4.78 is 15.8. The Bertz CT molecular complexity index is 432. The molecule has 106 valence electrons. The average molecular weight is 284 g/mol. The molecule has 0 amide bonds. The monoisotopic (exact) mass is 284 g/mol. The highest BCUT2D eigenvalue weighted by atomic mass is 32.2. The van der Waals surface area contributed by atoms with E-state index < -0.39 is 0 Å². The second-order valence-corrected chi connectivity index (χ2v) is 4.96. The van der Waals surface area contributed by atoms with Crippen molar-refractivity contribution < 1.29 is 19.0 Å². The van der Waals surface area contributed by atoms with Gasteiger partial charge in [-0.15, -0.1) is 0 Å². The summed E-state index contributed by atoms with van der Waals surface area (Å²) >= 11 is 1.62. The van der Waals surface area contributed by atoms with Crippen LogP contribution >= 0.6 is 11.8 Å². The maximum absolute atomic E-state index is 12.2. The van der Waals surface area contributed by atoms with Crippen molar-refractivity contribution in [3.63, 3.8) is 0 Å². The molecule has 5 heteroatoms. The molecule has 1 aromatic carbocycles. The highest BCUT2D eigenvalue weighted by Crippen LogP contribution is 2.40. The number of hydrogen-bond acceptors (Lipinski definition) is 5. The summed E-state index contributed by atoms with van der Waals surface area (Å²) in [6.45, 7) is 2.09. The van der Waals surface area contributed by atoms with Gasteiger partial charge < -0.3 is 14.2 Å². The van der Waals surface area contributed by atoms with Crippen LogP contribution in [0.3, 0.4) is 0 Å². The Balaban J connectivity index is 3.03. The Hall–Kier alpha value is -1.36. The number of ether oxygens (including phenoxy) is 3. The molecule has 1 aromatic rings. The molecule has 0 aliphatic rings. The maximum Gasteiger partial charge on any atom is 0.204 e. The van der Waals surface area contributed by atoms with Gasteiger partial charge in [-0.3, -0.25) is 4.79 Å². The van der Waals surface area contributed by atoms with Crippen molar-refractivity contribution in [2.75, 3.05) is 32.8 Å². The molecule has 4 nitrogen and oxygen atoms in total. The topological polar surface area (TPSA) is 44.8 Å². The van der Waals surface area contributed by atoms with Gasteiger partial charge in [0.25, 0.3) is 0 Å². The van der Waals surface area contributed by atoms with Crippen molar-refractivity contribution in [3.8, 4) is 17.2 Å². The predicted molar refractivity (Wildman–Crippen MR) is 78.0 cm³/mol. The Labute approximate surface area is 118 Å². The molecule has 0 atom stereocenters. The minimum absolute atomic E-state index is 0.0382. The van der Waals surface area contributed by atoms with Crippen molar-refractivity contribution in [3.05, 3.63) is 17.7 Å². The van der Waals surface area contributed by atoms with Gasteiger partial charge in [0.15, 0.2) is 17.3 Å². The Kier molecular flexibility index (Phi) is 6.56. The minimum Gasteiger partial charge on any atom is -0.493 e. The molecular formula is C14H20O4S. The van der Waals surface area contributed by atoms with E-state index >= 15 is 0 Å². The van der Waals surface area contributed by atoms with Crippen LogP contribution in [0.2, 0.25) is 0 Å². The normalized spacial score (nSPS) is 10.1. The van der Waals surface area contributed by atoms with Gasteiger partial charge in [0.05, 0.1) is 32.6 Å². The van der Waals surface area contributed by atoms with E-state index in [1.54, 1.807) is 31.0 Å². The number of ketones is 1. The number of rotatable bonds is 8. The van der Waals surface area contributed by atoms with Gasteiger partial charge in [0, 0.05) is 0 Å². The fourth-order valence-electron chi connectivity index (χ4n) is 1.71. The molecule has 0 fully saturated rings. The van der Waals surface area contributed by atoms with Crippen LogP contribution < -0.4 is 14.2 Å². The SMILES string of the molecule is CCCSCC(=O)c1ccc(OC)c(OC)c1OC. The summed E-state index contributed by atoms with van der Waals surface area (Å²) in [6, 6.07) is 3.44. The highest BCUT2D eigenvalue weighted by molar-refractivity contribution is 7.99. The van der Waals surface area contributed by atoms with E-state index in [1.807, 2.05) is 0 Å². The van der Waals surface area contributed by atoms with Crippen LogP contribution in [0.4, 0.5) is 0 Å². The number of hydrogen-bond donors (Lipinski definition) is 0. The summed E-state index contributed by atoms with van der Waals surface area (Å²) in [5, 5.41) is 0. The van der Waals surface area contributed by atoms with E-state index in [0.717, 1.165) is 12.2 Å². The van der Waals surface area contributed by atoms with E-state index in [2.05, 4.69) is 6.92 Å². The molecule has 1 rings (SSSR count). The van der Waals surface area contributed by atoms with Crippen LogP contribution in [0, 0.1) is 0 Å². The molecule has 19 heavy (non-hydrogen) atoms. The zero-order chi connectivity index (χ0) is 14.3. The fourth-order valence-corrected chi connectivity index (χ4v) is 2.48. The Morgan fingerprint density at radius 1 is 1.11 bits per heavy atom. The first-order valence-corrected chi connectivity index (χ1v) is 7.24. The van der Waals surface area contributed by atoms with Crippen molar-refractivity contribution >= 4 is 17.5 Å². The summed E-state index contributed by atoms with van der Waals surface area (Å²) in [6.07, 6.45) is 1.06. The summed E-state index contributed by atoms with van der Waals surface area (Å²) in [7, 11) is 4.60. The van der Waals surface area contributed by atoms with Crippen LogP contribution in [0.5, 0.6) is 17.2 Å². The van der Waals surface area contributed by atoms with E-state index in [-0.39, 0.29) is 5.78 Å². The predicted octanol–water partition coefficient (Wildman–Crippen LogP) is 3.04. The molecule has 0 heterocycles. The number of methoxy groups -OCH3 is 3. The molecule has 0 saturated carbocycles. The van der Waals surface area contributed by atoms with Crippen LogP contribution in [0.1, 0.15) is 23.7 Å². The average Bonchev–Trinajstić information content (AvgIpc) is 2.45. The first-order valence-electron chi connectivity index (χ1n) is 6.09. The van der Waals surface area contributed by atoms with Crippen LogP contribution in [-0.2, 0) is 0 Å². The quantitative estimate of drug-likeness (QED) is 0.542. The first-order chi connectivity index (χ1) is 9.19. The van der Waals surface area contributed by atoms with Gasteiger partial charge in [-0.1, -0.05) is 6.92 Å². The fraction of sp³-hybridized carbons (Fsp3) is 0.500. The van der Waals surface area contributed by atoms with Gasteiger partial charge in [0.1, 0.15) is 0 Å². The maximum atomic E-state index is 12.2. The van der Waals surface area contributed by atoms with Gasteiger partial charge in [0.2, 0.25) is 5.75 Å². The first kappa shape index (κ1) is 15.7. The second-order valence-electron chi connectivity index (χ2n) is 3.86. The van der Waals surface area contributed by atoms with E-state index in [9.17, 15) is 4.79 Å². The minimum atomic E-state index is 0.0382.